The van der Waals surface area contributed by atoms with Crippen LogP contribution in [0.3, 0.4) is 0 Å². The first-order chi connectivity index (χ1) is 9.27. The first kappa shape index (κ1) is 14.9. The maximum Gasteiger partial charge on any atom is 0.265 e. The van der Waals surface area contributed by atoms with E-state index in [0.717, 1.165) is 29.5 Å². The molecule has 0 fully saturated rings. The van der Waals surface area contributed by atoms with Gasteiger partial charge < -0.3 is 5.32 Å². The Kier molecular flexibility index (Phi) is 4.09. The van der Waals surface area contributed by atoms with Crippen LogP contribution in [-0.4, -0.2) is 14.3 Å². The molecule has 106 valence electrons. The Balaban J connectivity index is 2.38. The first-order valence-electron chi connectivity index (χ1n) is 5.16. The third kappa shape index (κ3) is 3.34. The van der Waals surface area contributed by atoms with E-state index in [-0.39, 0.29) is 15.5 Å². The van der Waals surface area contributed by atoms with Gasteiger partial charge in [-0.1, -0.05) is 11.6 Å². The normalized spacial score (nSPS) is 11.3. The number of hydrogen-bond acceptors (Lipinski definition) is 4. The molecule has 2 aromatic rings. The van der Waals surface area contributed by atoms with Crippen LogP contribution in [0.25, 0.3) is 0 Å². The summed E-state index contributed by atoms with van der Waals surface area (Å²) in [5, 5.41) is 7.31. The second kappa shape index (κ2) is 5.49. The number of nitrogens with one attached hydrogen (secondary N) is 1. The minimum Gasteiger partial charge on any atom is -0.320 e. The fourth-order valence-corrected chi connectivity index (χ4v) is 3.08. The predicted octanol–water partition coefficient (Wildman–Crippen LogP) is 2.44. The molecule has 0 radical (unpaired) electrons. The zero-order valence-corrected chi connectivity index (χ0v) is 12.2. The van der Waals surface area contributed by atoms with Gasteiger partial charge in [-0.05, 0) is 30.3 Å². The third-order valence-corrected chi connectivity index (χ3v) is 4.49. The van der Waals surface area contributed by atoms with Gasteiger partial charge in [-0.2, -0.15) is 0 Å². The van der Waals surface area contributed by atoms with E-state index in [0.29, 0.717) is 4.34 Å². The van der Waals surface area contributed by atoms with Crippen molar-refractivity contribution in [2.45, 2.75) is 4.90 Å². The number of amides is 1. The number of sulfonamides is 1. The first-order valence-corrected chi connectivity index (χ1v) is 7.90. The Labute approximate surface area is 123 Å². The summed E-state index contributed by atoms with van der Waals surface area (Å²) in [6.45, 7) is 0. The van der Waals surface area contributed by atoms with Crippen molar-refractivity contribution in [1.29, 1.82) is 0 Å². The summed E-state index contributed by atoms with van der Waals surface area (Å²) in [5.74, 6) is -1.30. The SMILES string of the molecule is NS(=O)(=O)c1ccc(F)cc1NC(=O)c1ccc(Cl)s1. The molecule has 1 amide bonds. The average molecular weight is 335 g/mol. The topological polar surface area (TPSA) is 89.3 Å². The molecule has 5 nitrogen and oxygen atoms in total. The monoisotopic (exact) mass is 334 g/mol. The Morgan fingerprint density at radius 2 is 2.00 bits per heavy atom. The van der Waals surface area contributed by atoms with Gasteiger partial charge in [0.2, 0.25) is 10.0 Å². The van der Waals surface area contributed by atoms with Gasteiger partial charge in [0, 0.05) is 0 Å². The van der Waals surface area contributed by atoms with Gasteiger partial charge in [0.1, 0.15) is 10.7 Å². The van der Waals surface area contributed by atoms with E-state index < -0.39 is 21.7 Å². The lowest BCUT2D eigenvalue weighted by molar-refractivity contribution is 0.103. The van der Waals surface area contributed by atoms with E-state index in [1.165, 1.54) is 12.1 Å². The Morgan fingerprint density at radius 3 is 2.55 bits per heavy atom. The molecule has 3 N–H and O–H groups in total. The van der Waals surface area contributed by atoms with E-state index >= 15 is 0 Å². The van der Waals surface area contributed by atoms with Gasteiger partial charge in [-0.25, -0.2) is 17.9 Å². The van der Waals surface area contributed by atoms with E-state index in [4.69, 9.17) is 16.7 Å². The van der Waals surface area contributed by atoms with Crippen molar-refractivity contribution in [3.8, 4) is 0 Å². The fraction of sp³-hybridized carbons (Fsp3) is 0. The minimum absolute atomic E-state index is 0.220. The summed E-state index contributed by atoms with van der Waals surface area (Å²) in [7, 11) is -4.08. The van der Waals surface area contributed by atoms with E-state index in [1.807, 2.05) is 0 Å². The van der Waals surface area contributed by atoms with Crippen molar-refractivity contribution in [3.63, 3.8) is 0 Å². The van der Waals surface area contributed by atoms with Gasteiger partial charge >= 0.3 is 0 Å². The van der Waals surface area contributed by atoms with Gasteiger partial charge in [-0.3, -0.25) is 4.79 Å². The minimum atomic E-state index is -4.08. The molecule has 0 spiro atoms. The lowest BCUT2D eigenvalue weighted by Crippen LogP contribution is -2.18. The van der Waals surface area contributed by atoms with Crippen molar-refractivity contribution < 1.29 is 17.6 Å². The molecule has 0 bridgehead atoms. The van der Waals surface area contributed by atoms with Gasteiger partial charge in [0.15, 0.2) is 0 Å². The van der Waals surface area contributed by atoms with Crippen LogP contribution in [0.2, 0.25) is 4.34 Å². The highest BCUT2D eigenvalue weighted by molar-refractivity contribution is 7.89. The lowest BCUT2D eigenvalue weighted by Gasteiger charge is -2.08. The summed E-state index contributed by atoms with van der Waals surface area (Å²) in [5.41, 5.74) is -0.220. The molecule has 20 heavy (non-hydrogen) atoms. The number of carbonyl (C=O) groups excluding carboxylic acids is 1. The standard InChI is InChI=1S/C11H8ClFN2O3S2/c12-10-4-2-8(19-10)11(16)15-7-5-6(13)1-3-9(7)20(14,17)18/h1-5H,(H,15,16)(H2,14,17,18). The summed E-state index contributed by atoms with van der Waals surface area (Å²) in [6.07, 6.45) is 0. The molecule has 0 unspecified atom stereocenters. The van der Waals surface area contributed by atoms with Crippen molar-refractivity contribution >= 4 is 44.6 Å². The van der Waals surface area contributed by atoms with Crippen molar-refractivity contribution in [2.24, 2.45) is 5.14 Å². The smallest absolute Gasteiger partial charge is 0.265 e. The number of primary sulfonamides is 1. The van der Waals surface area contributed by atoms with E-state index in [9.17, 15) is 17.6 Å². The number of hydrogen-bond donors (Lipinski definition) is 2. The van der Waals surface area contributed by atoms with Crippen LogP contribution in [0, 0.1) is 5.82 Å². The molecule has 0 aliphatic carbocycles. The molecule has 0 atom stereocenters. The van der Waals surface area contributed by atoms with Gasteiger partial charge in [0.05, 0.1) is 14.9 Å². The summed E-state index contributed by atoms with van der Waals surface area (Å²) < 4.78 is 36.3. The number of nitrogens with two attached hydrogens (primary N) is 1. The van der Waals surface area contributed by atoms with Crippen molar-refractivity contribution in [3.05, 3.63) is 45.4 Å². The van der Waals surface area contributed by atoms with Crippen molar-refractivity contribution in [1.82, 2.24) is 0 Å². The Morgan fingerprint density at radius 1 is 1.30 bits per heavy atom. The maximum absolute atomic E-state index is 13.2. The number of anilines is 1. The number of thiophene rings is 1. The number of carbonyl (C=O) groups is 1. The third-order valence-electron chi connectivity index (χ3n) is 2.29. The summed E-state index contributed by atoms with van der Waals surface area (Å²) in [4.78, 5) is 11.8. The van der Waals surface area contributed by atoms with Crippen LogP contribution in [0.15, 0.2) is 35.2 Å². The summed E-state index contributed by atoms with van der Waals surface area (Å²) in [6, 6.07) is 5.80. The van der Waals surface area contributed by atoms with Crippen LogP contribution in [0.1, 0.15) is 9.67 Å². The van der Waals surface area contributed by atoms with E-state index in [2.05, 4.69) is 5.32 Å². The highest BCUT2D eigenvalue weighted by atomic mass is 35.5. The molecule has 1 aromatic heterocycles. The second-order valence-corrected chi connectivity index (χ2v) is 6.99. The fourth-order valence-electron chi connectivity index (χ4n) is 1.47. The Hall–Kier alpha value is -1.48. The van der Waals surface area contributed by atoms with Crippen LogP contribution in [-0.2, 0) is 10.0 Å². The predicted molar refractivity (Wildman–Crippen MR) is 75.1 cm³/mol. The molecule has 2 rings (SSSR count). The van der Waals surface area contributed by atoms with Crippen molar-refractivity contribution in [2.75, 3.05) is 5.32 Å². The second-order valence-electron chi connectivity index (χ2n) is 3.74. The molecule has 1 aromatic carbocycles. The zero-order valence-electron chi connectivity index (χ0n) is 9.76. The maximum atomic E-state index is 13.2. The molecule has 0 saturated heterocycles. The van der Waals surface area contributed by atoms with Crippen LogP contribution >= 0.6 is 22.9 Å². The van der Waals surface area contributed by atoms with Gasteiger partial charge in [-0.15, -0.1) is 11.3 Å². The highest BCUT2D eigenvalue weighted by Gasteiger charge is 2.18. The van der Waals surface area contributed by atoms with Crippen LogP contribution in [0.5, 0.6) is 0 Å². The zero-order chi connectivity index (χ0) is 14.9. The molecular weight excluding hydrogens is 327 g/mol. The molecule has 1 heterocycles. The lowest BCUT2D eigenvalue weighted by atomic mass is 10.3. The highest BCUT2D eigenvalue weighted by Crippen LogP contribution is 2.25. The molecule has 0 saturated carbocycles. The van der Waals surface area contributed by atoms with E-state index in [1.54, 1.807) is 0 Å². The molecule has 9 heteroatoms. The van der Waals surface area contributed by atoms with Crippen LogP contribution < -0.4 is 10.5 Å². The largest absolute Gasteiger partial charge is 0.320 e. The Bertz CT molecular complexity index is 774. The average Bonchev–Trinajstić information content (AvgIpc) is 2.74. The number of benzene rings is 1. The van der Waals surface area contributed by atoms with Crippen LogP contribution in [0.4, 0.5) is 10.1 Å². The quantitative estimate of drug-likeness (QED) is 0.903. The molecule has 0 aliphatic rings. The molecular formula is C11H8ClFN2O3S2. The summed E-state index contributed by atoms with van der Waals surface area (Å²) >= 11 is 6.71. The number of halogens is 2. The van der Waals surface area contributed by atoms with Gasteiger partial charge in [0.25, 0.3) is 5.91 Å². The molecule has 0 aliphatic heterocycles. The number of rotatable bonds is 3.